The largest absolute Gasteiger partial charge is 0.481 e. The number of ether oxygens (including phenoxy) is 1. The van der Waals surface area contributed by atoms with Crippen molar-refractivity contribution in [3.8, 4) is 5.75 Å². The number of alkyl halides is 1. The van der Waals surface area contributed by atoms with Crippen LogP contribution in [0.5, 0.6) is 5.75 Å². The van der Waals surface area contributed by atoms with Gasteiger partial charge in [0.1, 0.15) is 17.0 Å². The quantitative estimate of drug-likeness (QED) is 0.565. The second-order valence-corrected chi connectivity index (χ2v) is 8.60. The second-order valence-electron chi connectivity index (χ2n) is 8.19. The van der Waals surface area contributed by atoms with E-state index in [1.54, 1.807) is 18.3 Å². The lowest BCUT2D eigenvalue weighted by Gasteiger charge is -2.45. The SMILES string of the molecule is CC[C@H](N)C1(F)CCC(Oc2cc3cc[nH]c(=O)c3cc2Cl)(c2ccccc2)CC1. The number of aromatic nitrogens is 1. The molecule has 3 aromatic rings. The van der Waals surface area contributed by atoms with Gasteiger partial charge in [0, 0.05) is 17.6 Å². The van der Waals surface area contributed by atoms with E-state index in [0.717, 1.165) is 10.9 Å². The summed E-state index contributed by atoms with van der Waals surface area (Å²) in [6.45, 7) is 1.91. The van der Waals surface area contributed by atoms with Gasteiger partial charge in [-0.3, -0.25) is 4.79 Å². The zero-order valence-electron chi connectivity index (χ0n) is 17.0. The number of aromatic amines is 1. The van der Waals surface area contributed by atoms with Crippen LogP contribution in [0.1, 0.15) is 44.6 Å². The predicted molar refractivity (Wildman–Crippen MR) is 119 cm³/mol. The van der Waals surface area contributed by atoms with E-state index in [9.17, 15) is 4.79 Å². The first-order chi connectivity index (χ1) is 14.4. The van der Waals surface area contributed by atoms with Crippen molar-refractivity contribution >= 4 is 22.4 Å². The van der Waals surface area contributed by atoms with E-state index in [1.165, 1.54) is 0 Å². The summed E-state index contributed by atoms with van der Waals surface area (Å²) in [5.74, 6) is 0.491. The summed E-state index contributed by atoms with van der Waals surface area (Å²) < 4.78 is 22.0. The van der Waals surface area contributed by atoms with Gasteiger partial charge in [-0.1, -0.05) is 48.9 Å². The molecule has 0 spiro atoms. The molecule has 6 heteroatoms. The molecule has 3 N–H and O–H groups in total. The average Bonchev–Trinajstić information content (AvgIpc) is 2.77. The van der Waals surface area contributed by atoms with Crippen LogP contribution in [0, 0.1) is 0 Å². The monoisotopic (exact) mass is 428 g/mol. The first kappa shape index (κ1) is 20.9. The molecular formula is C24H26ClFN2O2. The molecule has 0 amide bonds. The maximum Gasteiger partial charge on any atom is 0.255 e. The van der Waals surface area contributed by atoms with Crippen LogP contribution in [0.2, 0.25) is 5.02 Å². The molecule has 2 aromatic carbocycles. The Morgan fingerprint density at radius 3 is 2.53 bits per heavy atom. The summed E-state index contributed by atoms with van der Waals surface area (Å²) in [7, 11) is 0. The Bertz CT molecular complexity index is 1090. The molecule has 0 bridgehead atoms. The smallest absolute Gasteiger partial charge is 0.255 e. The van der Waals surface area contributed by atoms with Crippen LogP contribution in [-0.2, 0) is 5.60 Å². The van der Waals surface area contributed by atoms with Gasteiger partial charge in [-0.15, -0.1) is 0 Å². The van der Waals surface area contributed by atoms with Crippen molar-refractivity contribution in [3.05, 3.63) is 75.7 Å². The summed E-state index contributed by atoms with van der Waals surface area (Å²) in [6.07, 6.45) is 3.82. The molecule has 1 aliphatic carbocycles. The molecule has 1 heterocycles. The molecular weight excluding hydrogens is 403 g/mol. The van der Waals surface area contributed by atoms with Gasteiger partial charge in [-0.25, -0.2) is 4.39 Å². The molecule has 30 heavy (non-hydrogen) atoms. The number of benzene rings is 2. The Hall–Kier alpha value is -2.37. The fourth-order valence-corrected chi connectivity index (χ4v) is 4.68. The highest BCUT2D eigenvalue weighted by atomic mass is 35.5. The first-order valence-electron chi connectivity index (χ1n) is 10.4. The third-order valence-electron chi connectivity index (χ3n) is 6.42. The normalized spacial score (nSPS) is 25.2. The van der Waals surface area contributed by atoms with Crippen LogP contribution in [0.25, 0.3) is 10.8 Å². The van der Waals surface area contributed by atoms with Gasteiger partial charge in [0.2, 0.25) is 0 Å². The fourth-order valence-electron chi connectivity index (χ4n) is 4.47. The lowest BCUT2D eigenvalue weighted by molar-refractivity contribution is -0.0410. The minimum Gasteiger partial charge on any atom is -0.481 e. The average molecular weight is 429 g/mol. The highest BCUT2D eigenvalue weighted by Crippen LogP contribution is 2.48. The summed E-state index contributed by atoms with van der Waals surface area (Å²) in [5, 5.41) is 1.60. The lowest BCUT2D eigenvalue weighted by atomic mass is 9.71. The molecule has 158 valence electrons. The minimum absolute atomic E-state index is 0.202. The second kappa shape index (κ2) is 8.05. The van der Waals surface area contributed by atoms with E-state index in [4.69, 9.17) is 22.1 Å². The number of nitrogens with one attached hydrogen (secondary N) is 1. The molecule has 0 unspecified atom stereocenters. The van der Waals surface area contributed by atoms with E-state index >= 15 is 4.39 Å². The zero-order chi connectivity index (χ0) is 21.4. The highest BCUT2D eigenvalue weighted by Gasteiger charge is 2.48. The number of halogens is 2. The first-order valence-corrected chi connectivity index (χ1v) is 10.7. The fraction of sp³-hybridized carbons (Fsp3) is 0.375. The lowest BCUT2D eigenvalue weighted by Crippen LogP contribution is -2.51. The van der Waals surface area contributed by atoms with E-state index in [0.29, 0.717) is 48.3 Å². The molecule has 0 aliphatic heterocycles. The molecule has 1 aliphatic rings. The molecule has 1 aromatic heterocycles. The molecule has 1 atom stereocenters. The van der Waals surface area contributed by atoms with Crippen molar-refractivity contribution in [2.45, 2.75) is 56.3 Å². The Morgan fingerprint density at radius 2 is 1.87 bits per heavy atom. The van der Waals surface area contributed by atoms with Crippen LogP contribution < -0.4 is 16.0 Å². The molecule has 0 saturated heterocycles. The summed E-state index contributed by atoms with van der Waals surface area (Å²) in [6, 6.07) is 14.6. The standard InChI is InChI=1S/C24H26ClFN2O2/c1-2-21(27)23(26)9-11-24(12-10-23,17-6-4-3-5-7-17)30-20-14-16-8-13-28-22(29)18(16)15-19(20)25/h3-8,13-15,21H,2,9-12,27H2,1H3,(H,28,29)/t21-,23?,24?/m0/s1. The third kappa shape index (κ3) is 3.72. The minimum atomic E-state index is -1.39. The van der Waals surface area contributed by atoms with Gasteiger partial charge in [0.05, 0.1) is 5.02 Å². The third-order valence-corrected chi connectivity index (χ3v) is 6.72. The zero-order valence-corrected chi connectivity index (χ0v) is 17.7. The number of hydrogen-bond acceptors (Lipinski definition) is 3. The van der Waals surface area contributed by atoms with Crippen molar-refractivity contribution < 1.29 is 9.13 Å². The summed E-state index contributed by atoms with van der Waals surface area (Å²) in [4.78, 5) is 14.7. The predicted octanol–water partition coefficient (Wildman–Crippen LogP) is 5.48. The van der Waals surface area contributed by atoms with Crippen LogP contribution in [-0.4, -0.2) is 16.7 Å². The van der Waals surface area contributed by atoms with Crippen molar-refractivity contribution in [1.82, 2.24) is 4.98 Å². The van der Waals surface area contributed by atoms with Crippen LogP contribution in [0.3, 0.4) is 0 Å². The van der Waals surface area contributed by atoms with Crippen LogP contribution in [0.4, 0.5) is 4.39 Å². The van der Waals surface area contributed by atoms with E-state index in [2.05, 4.69) is 4.98 Å². The van der Waals surface area contributed by atoms with Gasteiger partial charge < -0.3 is 15.5 Å². The number of fused-ring (bicyclic) bond motifs is 1. The highest BCUT2D eigenvalue weighted by molar-refractivity contribution is 6.32. The van der Waals surface area contributed by atoms with Gasteiger partial charge >= 0.3 is 0 Å². The van der Waals surface area contributed by atoms with Crippen molar-refractivity contribution in [2.75, 3.05) is 0 Å². The Labute approximate surface area is 180 Å². The summed E-state index contributed by atoms with van der Waals surface area (Å²) in [5.41, 5.74) is 4.78. The molecule has 4 nitrogen and oxygen atoms in total. The number of hydrogen-bond donors (Lipinski definition) is 2. The van der Waals surface area contributed by atoms with Crippen molar-refractivity contribution in [2.24, 2.45) is 5.73 Å². The van der Waals surface area contributed by atoms with Crippen LogP contribution >= 0.6 is 11.6 Å². The van der Waals surface area contributed by atoms with E-state index in [-0.39, 0.29) is 5.56 Å². The van der Waals surface area contributed by atoms with Crippen molar-refractivity contribution in [3.63, 3.8) is 0 Å². The maximum atomic E-state index is 15.5. The van der Waals surface area contributed by atoms with Crippen LogP contribution in [0.15, 0.2) is 59.5 Å². The maximum absolute atomic E-state index is 15.5. The Morgan fingerprint density at radius 1 is 1.17 bits per heavy atom. The van der Waals surface area contributed by atoms with Gasteiger partial charge in [0.25, 0.3) is 5.56 Å². The van der Waals surface area contributed by atoms with E-state index < -0.39 is 17.3 Å². The number of nitrogens with two attached hydrogens (primary N) is 1. The Balaban J connectivity index is 1.73. The molecule has 1 saturated carbocycles. The Kier molecular flexibility index (Phi) is 5.60. The number of pyridine rings is 1. The number of H-pyrrole nitrogens is 1. The molecule has 4 rings (SSSR count). The topological polar surface area (TPSA) is 68.1 Å². The van der Waals surface area contributed by atoms with Gasteiger partial charge in [-0.2, -0.15) is 0 Å². The molecule has 1 fully saturated rings. The van der Waals surface area contributed by atoms with Crippen molar-refractivity contribution in [1.29, 1.82) is 0 Å². The summed E-state index contributed by atoms with van der Waals surface area (Å²) >= 11 is 6.50. The van der Waals surface area contributed by atoms with Gasteiger partial charge in [-0.05, 0) is 61.3 Å². The van der Waals surface area contributed by atoms with E-state index in [1.807, 2.05) is 43.3 Å². The number of rotatable bonds is 5. The molecule has 0 radical (unpaired) electrons. The van der Waals surface area contributed by atoms with Gasteiger partial charge in [0.15, 0.2) is 0 Å².